The SMILES string of the molecule is Nc1ncnc2c1ncn2[C@@H]1CC[C@H](CC(=O)O)C1. The summed E-state index contributed by atoms with van der Waals surface area (Å²) in [5, 5.41) is 8.84. The van der Waals surface area contributed by atoms with Gasteiger partial charge in [0.15, 0.2) is 11.5 Å². The van der Waals surface area contributed by atoms with Crippen molar-refractivity contribution < 1.29 is 9.90 Å². The van der Waals surface area contributed by atoms with E-state index in [2.05, 4.69) is 15.0 Å². The Morgan fingerprint density at radius 3 is 3.05 bits per heavy atom. The van der Waals surface area contributed by atoms with Gasteiger partial charge in [0, 0.05) is 12.5 Å². The summed E-state index contributed by atoms with van der Waals surface area (Å²) in [6.07, 6.45) is 6.12. The van der Waals surface area contributed by atoms with Gasteiger partial charge < -0.3 is 15.4 Å². The number of imidazole rings is 1. The number of carboxylic acid groups (broad SMARTS) is 1. The molecule has 3 rings (SSSR count). The maximum absolute atomic E-state index is 10.7. The topological polar surface area (TPSA) is 107 Å². The molecule has 1 aliphatic carbocycles. The van der Waals surface area contributed by atoms with Crippen LogP contribution < -0.4 is 5.73 Å². The molecule has 1 fully saturated rings. The van der Waals surface area contributed by atoms with Gasteiger partial charge in [0.2, 0.25) is 0 Å². The van der Waals surface area contributed by atoms with Gasteiger partial charge in [-0.1, -0.05) is 0 Å². The lowest BCUT2D eigenvalue weighted by molar-refractivity contribution is -0.138. The highest BCUT2D eigenvalue weighted by Gasteiger charge is 2.28. The summed E-state index contributed by atoms with van der Waals surface area (Å²) in [4.78, 5) is 23.1. The number of carboxylic acids is 1. The molecule has 1 saturated carbocycles. The van der Waals surface area contributed by atoms with Crippen LogP contribution in [0.4, 0.5) is 5.82 Å². The number of nitrogen functional groups attached to an aromatic ring is 1. The zero-order chi connectivity index (χ0) is 13.4. The Labute approximate surface area is 109 Å². The number of nitrogens with zero attached hydrogens (tertiary/aromatic N) is 4. The van der Waals surface area contributed by atoms with E-state index in [1.54, 1.807) is 6.33 Å². The maximum atomic E-state index is 10.7. The maximum Gasteiger partial charge on any atom is 0.303 e. The van der Waals surface area contributed by atoms with Crippen molar-refractivity contribution in [1.29, 1.82) is 0 Å². The molecule has 0 saturated heterocycles. The highest BCUT2D eigenvalue weighted by Crippen LogP contribution is 2.37. The van der Waals surface area contributed by atoms with Crippen LogP contribution in [-0.2, 0) is 4.79 Å². The molecule has 2 aromatic heterocycles. The van der Waals surface area contributed by atoms with Gasteiger partial charge in [-0.25, -0.2) is 15.0 Å². The van der Waals surface area contributed by atoms with Gasteiger partial charge in [0.05, 0.1) is 6.33 Å². The molecule has 7 nitrogen and oxygen atoms in total. The van der Waals surface area contributed by atoms with Crippen LogP contribution >= 0.6 is 0 Å². The fraction of sp³-hybridized carbons (Fsp3) is 0.500. The smallest absolute Gasteiger partial charge is 0.303 e. The third-order valence-electron chi connectivity index (χ3n) is 3.76. The van der Waals surface area contributed by atoms with Crippen LogP contribution in [0.25, 0.3) is 11.2 Å². The molecule has 0 radical (unpaired) electrons. The van der Waals surface area contributed by atoms with Crippen LogP contribution in [0.15, 0.2) is 12.7 Å². The summed E-state index contributed by atoms with van der Waals surface area (Å²) in [6.45, 7) is 0. The molecule has 1 aliphatic rings. The second-order valence-corrected chi connectivity index (χ2v) is 5.01. The predicted octanol–water partition coefficient (Wildman–Crippen LogP) is 1.22. The quantitative estimate of drug-likeness (QED) is 0.860. The number of hydrogen-bond acceptors (Lipinski definition) is 5. The summed E-state index contributed by atoms with van der Waals surface area (Å²) in [7, 11) is 0. The normalized spacial score (nSPS) is 22.9. The lowest BCUT2D eigenvalue weighted by Crippen LogP contribution is -2.08. The van der Waals surface area contributed by atoms with Crippen molar-refractivity contribution in [3.8, 4) is 0 Å². The molecule has 2 atom stereocenters. The second-order valence-electron chi connectivity index (χ2n) is 5.01. The highest BCUT2D eigenvalue weighted by molar-refractivity contribution is 5.81. The summed E-state index contributed by atoms with van der Waals surface area (Å²) in [5.41, 5.74) is 7.10. The number of aromatic nitrogens is 4. The molecule has 0 amide bonds. The Kier molecular flexibility index (Phi) is 2.81. The van der Waals surface area contributed by atoms with Crippen molar-refractivity contribution in [2.24, 2.45) is 5.92 Å². The fourth-order valence-corrected chi connectivity index (χ4v) is 2.87. The Morgan fingerprint density at radius 2 is 2.26 bits per heavy atom. The van der Waals surface area contributed by atoms with Crippen molar-refractivity contribution in [3.63, 3.8) is 0 Å². The van der Waals surface area contributed by atoms with Crippen molar-refractivity contribution in [1.82, 2.24) is 19.5 Å². The summed E-state index contributed by atoms with van der Waals surface area (Å²) in [5.74, 6) is -0.115. The zero-order valence-electron chi connectivity index (χ0n) is 10.4. The molecular weight excluding hydrogens is 246 g/mol. The van der Waals surface area contributed by atoms with Crippen molar-refractivity contribution in [2.45, 2.75) is 31.7 Å². The molecule has 0 spiro atoms. The number of anilines is 1. The van der Waals surface area contributed by atoms with E-state index < -0.39 is 5.97 Å². The first-order valence-corrected chi connectivity index (χ1v) is 6.30. The van der Waals surface area contributed by atoms with Gasteiger partial charge in [-0.15, -0.1) is 0 Å². The van der Waals surface area contributed by atoms with Gasteiger partial charge in [-0.3, -0.25) is 4.79 Å². The first-order valence-electron chi connectivity index (χ1n) is 6.30. The minimum Gasteiger partial charge on any atom is -0.481 e. The van der Waals surface area contributed by atoms with Gasteiger partial charge in [-0.2, -0.15) is 0 Å². The number of fused-ring (bicyclic) bond motifs is 1. The predicted molar refractivity (Wildman–Crippen MR) is 68.4 cm³/mol. The monoisotopic (exact) mass is 261 g/mol. The first kappa shape index (κ1) is 11.9. The van der Waals surface area contributed by atoms with E-state index in [1.807, 2.05) is 4.57 Å². The molecule has 2 aromatic rings. The van der Waals surface area contributed by atoms with Crippen LogP contribution in [0, 0.1) is 5.92 Å². The average molecular weight is 261 g/mol. The lowest BCUT2D eigenvalue weighted by Gasteiger charge is -2.12. The molecule has 0 unspecified atom stereocenters. The van der Waals surface area contributed by atoms with E-state index >= 15 is 0 Å². The summed E-state index contributed by atoms with van der Waals surface area (Å²) < 4.78 is 2.00. The largest absolute Gasteiger partial charge is 0.481 e. The van der Waals surface area contributed by atoms with Crippen LogP contribution in [0.3, 0.4) is 0 Å². The molecular formula is C12H15N5O2. The highest BCUT2D eigenvalue weighted by atomic mass is 16.4. The summed E-state index contributed by atoms with van der Waals surface area (Å²) >= 11 is 0. The Balaban J connectivity index is 1.86. The Morgan fingerprint density at radius 1 is 1.42 bits per heavy atom. The first-order chi connectivity index (χ1) is 9.15. The van der Waals surface area contributed by atoms with Gasteiger partial charge >= 0.3 is 5.97 Å². The van der Waals surface area contributed by atoms with Gasteiger partial charge in [-0.05, 0) is 25.2 Å². The third kappa shape index (κ3) is 2.11. The van der Waals surface area contributed by atoms with Crippen molar-refractivity contribution >= 4 is 23.0 Å². The number of rotatable bonds is 3. The van der Waals surface area contributed by atoms with E-state index in [4.69, 9.17) is 10.8 Å². The minimum atomic E-state index is -0.729. The Bertz CT molecular complexity index is 624. The standard InChI is InChI=1S/C12H15N5O2/c13-11-10-12(15-5-14-11)17(6-16-10)8-2-1-7(3-8)4-9(18)19/h5-8H,1-4H2,(H,18,19)(H2,13,14,15)/t7-,8+/m0/s1. The number of hydrogen-bond donors (Lipinski definition) is 2. The van der Waals surface area contributed by atoms with E-state index in [-0.39, 0.29) is 18.4 Å². The molecule has 100 valence electrons. The molecule has 2 heterocycles. The van der Waals surface area contributed by atoms with E-state index in [9.17, 15) is 4.79 Å². The molecule has 0 aliphatic heterocycles. The fourth-order valence-electron chi connectivity index (χ4n) is 2.87. The summed E-state index contributed by atoms with van der Waals surface area (Å²) in [6, 6.07) is 0.253. The minimum absolute atomic E-state index is 0.235. The molecule has 0 aromatic carbocycles. The molecule has 19 heavy (non-hydrogen) atoms. The van der Waals surface area contributed by atoms with Gasteiger partial charge in [0.1, 0.15) is 11.8 Å². The van der Waals surface area contributed by atoms with Gasteiger partial charge in [0.25, 0.3) is 0 Å². The van der Waals surface area contributed by atoms with E-state index in [0.717, 1.165) is 24.9 Å². The molecule has 3 N–H and O–H groups in total. The van der Waals surface area contributed by atoms with Crippen LogP contribution in [0.1, 0.15) is 31.7 Å². The van der Waals surface area contributed by atoms with Crippen LogP contribution in [-0.4, -0.2) is 30.6 Å². The third-order valence-corrected chi connectivity index (χ3v) is 3.76. The zero-order valence-corrected chi connectivity index (χ0v) is 10.4. The average Bonchev–Trinajstić information content (AvgIpc) is 2.95. The van der Waals surface area contributed by atoms with Crippen LogP contribution in [0.2, 0.25) is 0 Å². The molecule has 7 heteroatoms. The number of aliphatic carboxylic acids is 1. The van der Waals surface area contributed by atoms with E-state index in [1.165, 1.54) is 6.33 Å². The lowest BCUT2D eigenvalue weighted by atomic mass is 10.0. The van der Waals surface area contributed by atoms with E-state index in [0.29, 0.717) is 11.3 Å². The number of nitrogens with two attached hydrogens (primary N) is 1. The number of carbonyl (C=O) groups is 1. The molecule has 0 bridgehead atoms. The second kappa shape index (κ2) is 4.49. The van der Waals surface area contributed by atoms with Crippen molar-refractivity contribution in [2.75, 3.05) is 5.73 Å². The Hall–Kier alpha value is -2.18. The van der Waals surface area contributed by atoms with Crippen LogP contribution in [0.5, 0.6) is 0 Å². The van der Waals surface area contributed by atoms with Crippen molar-refractivity contribution in [3.05, 3.63) is 12.7 Å².